The highest BCUT2D eigenvalue weighted by Gasteiger charge is 2.21. The molecule has 0 bridgehead atoms. The Balaban J connectivity index is 0.909. The van der Waals surface area contributed by atoms with Gasteiger partial charge in [-0.05, 0) is 190 Å². The Kier molecular flexibility index (Phi) is 14.0. The monoisotopic (exact) mass is 1120 g/mol. The third-order valence-electron chi connectivity index (χ3n) is 17.1. The molecular weight excluding hydrogens is 1050 g/mol. The fourth-order valence-corrected chi connectivity index (χ4v) is 12.2. The van der Waals surface area contributed by atoms with E-state index in [2.05, 4.69) is 290 Å². The molecule has 0 fully saturated rings. The Morgan fingerprint density at radius 1 is 0.230 bits per heavy atom. The van der Waals surface area contributed by atoms with Crippen molar-refractivity contribution < 1.29 is 4.42 Å². The lowest BCUT2D eigenvalue weighted by atomic mass is 9.84. The maximum absolute atomic E-state index is 6.34. The number of furan rings is 1. The average molecular weight is 1120 g/mol. The van der Waals surface area contributed by atoms with Gasteiger partial charge in [-0.2, -0.15) is 0 Å². The lowest BCUT2D eigenvalue weighted by Crippen LogP contribution is -2.11. The predicted octanol–water partition coefficient (Wildman–Crippen LogP) is 22.7. The van der Waals surface area contributed by atoms with Gasteiger partial charge < -0.3 is 4.42 Å². The zero-order chi connectivity index (χ0) is 59.2. The fourth-order valence-electron chi connectivity index (χ4n) is 12.2. The third-order valence-corrected chi connectivity index (χ3v) is 17.1. The Bertz CT molecular complexity index is 4680. The van der Waals surface area contributed by atoms with E-state index in [-0.39, 0.29) is 10.8 Å². The summed E-state index contributed by atoms with van der Waals surface area (Å²) >= 11 is 0. The van der Waals surface area contributed by atoms with E-state index in [9.17, 15) is 0 Å². The van der Waals surface area contributed by atoms with Crippen LogP contribution in [0.25, 0.3) is 145 Å². The van der Waals surface area contributed by atoms with E-state index in [0.717, 1.165) is 145 Å². The van der Waals surface area contributed by atoms with E-state index in [4.69, 9.17) is 19.4 Å². The van der Waals surface area contributed by atoms with Gasteiger partial charge >= 0.3 is 0 Å². The smallest absolute Gasteiger partial charge is 0.136 e. The minimum Gasteiger partial charge on any atom is -0.456 e. The first-order chi connectivity index (χ1) is 42.4. The topological polar surface area (TPSA) is 51.8 Å². The second-order valence-electron chi connectivity index (χ2n) is 24.8. The van der Waals surface area contributed by atoms with Crippen LogP contribution in [-0.2, 0) is 10.8 Å². The van der Waals surface area contributed by atoms with Gasteiger partial charge in [0.2, 0.25) is 0 Å². The molecule has 4 aromatic heterocycles. The normalized spacial score (nSPS) is 11.8. The van der Waals surface area contributed by atoms with Gasteiger partial charge in [0.1, 0.15) is 11.2 Å². The summed E-state index contributed by atoms with van der Waals surface area (Å²) in [5.74, 6) is 0. The molecule has 4 heteroatoms. The number of nitrogens with zero attached hydrogens (tertiary/aromatic N) is 3. The van der Waals surface area contributed by atoms with Crippen molar-refractivity contribution in [3.8, 4) is 123 Å². The number of fused-ring (bicyclic) bond motifs is 3. The molecule has 0 aliphatic rings. The number of aromatic nitrogens is 3. The lowest BCUT2D eigenvalue weighted by molar-refractivity contribution is 0.589. The largest absolute Gasteiger partial charge is 0.456 e. The van der Waals surface area contributed by atoms with Crippen molar-refractivity contribution in [1.29, 1.82) is 0 Å². The van der Waals surface area contributed by atoms with E-state index in [1.807, 2.05) is 36.8 Å². The Morgan fingerprint density at radius 3 is 1.14 bits per heavy atom. The molecule has 14 rings (SSSR count). The molecule has 4 nitrogen and oxygen atoms in total. The standard InChI is InChI=1S/C83H65N3O/c1-82(2,3)65-42-45-85-78(52-65)58-34-30-55(31-35-58)67-17-7-9-19-69(67)62-47-63(70-20-10-8-18-68(70)56-32-36-59(37-33-56)79-53-66(43-46-86-79)83(4,5)6)49-64(48-62)71-21-11-12-22-72(71)73-40-39-61(77-24-15-16-44-84-77)50-76(73)57-28-26-54(27-29-57)60-38-41-75-74-23-13-14-25-80(74)87-81(75)51-60/h7-53H,1-6H3. The van der Waals surface area contributed by atoms with Crippen LogP contribution in [0.15, 0.2) is 290 Å². The summed E-state index contributed by atoms with van der Waals surface area (Å²) < 4.78 is 6.34. The minimum absolute atomic E-state index is 0.0147. The second kappa shape index (κ2) is 22.5. The van der Waals surface area contributed by atoms with Crippen LogP contribution >= 0.6 is 0 Å². The van der Waals surface area contributed by atoms with E-state index in [1.165, 1.54) is 11.1 Å². The van der Waals surface area contributed by atoms with Gasteiger partial charge in [-0.3, -0.25) is 15.0 Å². The van der Waals surface area contributed by atoms with Gasteiger partial charge in [0.15, 0.2) is 0 Å². The van der Waals surface area contributed by atoms with Crippen LogP contribution < -0.4 is 0 Å². The molecule has 0 saturated carbocycles. The Labute approximate surface area is 510 Å². The van der Waals surface area contributed by atoms with Crippen molar-refractivity contribution in [2.75, 3.05) is 0 Å². The number of hydrogen-bond acceptors (Lipinski definition) is 4. The number of benzene rings is 10. The summed E-state index contributed by atoms with van der Waals surface area (Å²) in [7, 11) is 0. The molecule has 0 aliphatic heterocycles. The summed E-state index contributed by atoms with van der Waals surface area (Å²) in [6, 6.07) is 96.9. The molecule has 418 valence electrons. The zero-order valence-corrected chi connectivity index (χ0v) is 49.9. The van der Waals surface area contributed by atoms with Gasteiger partial charge in [0.25, 0.3) is 0 Å². The van der Waals surface area contributed by atoms with Crippen LogP contribution in [0.5, 0.6) is 0 Å². The predicted molar refractivity (Wildman–Crippen MR) is 364 cm³/mol. The molecule has 0 unspecified atom stereocenters. The molecule has 0 radical (unpaired) electrons. The third kappa shape index (κ3) is 10.9. The van der Waals surface area contributed by atoms with Crippen molar-refractivity contribution in [1.82, 2.24) is 15.0 Å². The van der Waals surface area contributed by atoms with Crippen molar-refractivity contribution in [3.05, 3.63) is 297 Å². The summed E-state index contributed by atoms with van der Waals surface area (Å²) in [5, 5.41) is 2.25. The first kappa shape index (κ1) is 54.4. The Morgan fingerprint density at radius 2 is 0.621 bits per heavy atom. The van der Waals surface area contributed by atoms with Crippen molar-refractivity contribution in [2.45, 2.75) is 52.4 Å². The summed E-state index contributed by atoms with van der Waals surface area (Å²) in [6.07, 6.45) is 5.73. The zero-order valence-electron chi connectivity index (χ0n) is 49.9. The SMILES string of the molecule is CC(C)(C)c1ccnc(-c2ccc(-c3ccccc3-c3cc(-c4ccccc4-c4ccc(-c5cc(C(C)(C)C)ccn5)cc4)cc(-c4ccccc4-c4ccc(-c5ccccn5)cc4-c4ccc(-c5ccc6c(c5)oc5ccccc56)cc4)c3)cc2)c1. The molecule has 14 aromatic rings. The van der Waals surface area contributed by atoms with Crippen LogP contribution in [0.1, 0.15) is 52.7 Å². The summed E-state index contributed by atoms with van der Waals surface area (Å²) in [6.45, 7) is 13.5. The second-order valence-corrected chi connectivity index (χ2v) is 24.8. The molecular formula is C83H65N3O. The summed E-state index contributed by atoms with van der Waals surface area (Å²) in [5.41, 5.74) is 28.5. The molecule has 0 aliphatic carbocycles. The van der Waals surface area contributed by atoms with Gasteiger partial charge in [-0.15, -0.1) is 0 Å². The highest BCUT2D eigenvalue weighted by Crippen LogP contribution is 2.46. The van der Waals surface area contributed by atoms with E-state index in [1.54, 1.807) is 0 Å². The lowest BCUT2D eigenvalue weighted by Gasteiger charge is -2.20. The molecule has 0 atom stereocenters. The van der Waals surface area contributed by atoms with Gasteiger partial charge in [-0.1, -0.05) is 230 Å². The van der Waals surface area contributed by atoms with E-state index in [0.29, 0.717) is 0 Å². The molecule has 0 amide bonds. The average Bonchev–Trinajstić information content (AvgIpc) is 3.49. The Hall–Kier alpha value is -10.6. The minimum atomic E-state index is 0.0147. The number of para-hydroxylation sites is 1. The quantitative estimate of drug-likeness (QED) is 0.130. The van der Waals surface area contributed by atoms with E-state index >= 15 is 0 Å². The van der Waals surface area contributed by atoms with Gasteiger partial charge in [0.05, 0.1) is 17.1 Å². The van der Waals surface area contributed by atoms with Crippen molar-refractivity contribution >= 4 is 21.9 Å². The van der Waals surface area contributed by atoms with Crippen LogP contribution in [0.4, 0.5) is 0 Å². The van der Waals surface area contributed by atoms with Crippen LogP contribution in [0.2, 0.25) is 0 Å². The number of rotatable bonds is 11. The summed E-state index contributed by atoms with van der Waals surface area (Å²) in [4.78, 5) is 14.5. The highest BCUT2D eigenvalue weighted by atomic mass is 16.3. The molecule has 87 heavy (non-hydrogen) atoms. The van der Waals surface area contributed by atoms with Crippen molar-refractivity contribution in [2.24, 2.45) is 0 Å². The highest BCUT2D eigenvalue weighted by molar-refractivity contribution is 6.06. The maximum Gasteiger partial charge on any atom is 0.136 e. The maximum atomic E-state index is 6.34. The van der Waals surface area contributed by atoms with Crippen LogP contribution in [0.3, 0.4) is 0 Å². The van der Waals surface area contributed by atoms with Crippen LogP contribution in [-0.4, -0.2) is 15.0 Å². The molecule has 4 heterocycles. The number of hydrogen-bond donors (Lipinski definition) is 0. The molecule has 0 spiro atoms. The molecule has 0 saturated heterocycles. The van der Waals surface area contributed by atoms with Gasteiger partial charge in [-0.25, -0.2) is 0 Å². The first-order valence-electron chi connectivity index (χ1n) is 30.0. The molecule has 10 aromatic carbocycles. The molecule has 0 N–H and O–H groups in total. The fraction of sp³-hybridized carbons (Fsp3) is 0.0964. The first-order valence-corrected chi connectivity index (χ1v) is 30.0. The van der Waals surface area contributed by atoms with E-state index < -0.39 is 0 Å². The van der Waals surface area contributed by atoms with Crippen LogP contribution in [0, 0.1) is 0 Å². The van der Waals surface area contributed by atoms with Crippen molar-refractivity contribution in [3.63, 3.8) is 0 Å². The number of pyridine rings is 3. The van der Waals surface area contributed by atoms with Gasteiger partial charge in [0, 0.05) is 46.1 Å².